The van der Waals surface area contributed by atoms with Gasteiger partial charge in [-0.2, -0.15) is 0 Å². The molecule has 3 aliphatic rings. The highest BCUT2D eigenvalue weighted by Crippen LogP contribution is 2.65. The van der Waals surface area contributed by atoms with E-state index < -0.39 is 0 Å². The van der Waals surface area contributed by atoms with Gasteiger partial charge in [0.05, 0.1) is 0 Å². The third-order valence-electron chi connectivity index (χ3n) is 6.56. The lowest BCUT2D eigenvalue weighted by Gasteiger charge is -2.39. The van der Waals surface area contributed by atoms with Crippen LogP contribution in [0.1, 0.15) is 52.9 Å². The summed E-state index contributed by atoms with van der Waals surface area (Å²) in [7, 11) is 0. The summed E-state index contributed by atoms with van der Waals surface area (Å²) in [5.41, 5.74) is 0.917. The fourth-order valence-electron chi connectivity index (χ4n) is 4.43. The van der Waals surface area contributed by atoms with Crippen molar-refractivity contribution in [3.05, 3.63) is 0 Å². The van der Waals surface area contributed by atoms with E-state index in [1.807, 2.05) is 0 Å². The Balaban J connectivity index is 1.45. The van der Waals surface area contributed by atoms with E-state index in [1.165, 1.54) is 19.3 Å². The molecule has 0 radical (unpaired) electrons. The van der Waals surface area contributed by atoms with Gasteiger partial charge in [-0.15, -0.1) is 0 Å². The number of nitrogens with one attached hydrogen (secondary N) is 2. The molecule has 3 rings (SSSR count). The first kappa shape index (κ1) is 13.4. The van der Waals surface area contributed by atoms with Crippen LogP contribution in [-0.2, 0) is 4.79 Å². The van der Waals surface area contributed by atoms with Gasteiger partial charge in [0.25, 0.3) is 0 Å². The van der Waals surface area contributed by atoms with Crippen molar-refractivity contribution in [2.45, 2.75) is 58.9 Å². The second kappa shape index (κ2) is 4.47. The van der Waals surface area contributed by atoms with Crippen molar-refractivity contribution in [2.75, 3.05) is 13.1 Å². The molecule has 2 bridgehead atoms. The lowest BCUT2D eigenvalue weighted by molar-refractivity contribution is -0.122. The van der Waals surface area contributed by atoms with Crippen molar-refractivity contribution < 1.29 is 4.79 Å². The summed E-state index contributed by atoms with van der Waals surface area (Å²) in [6, 6.07) is 0.638. The molecule has 0 spiro atoms. The van der Waals surface area contributed by atoms with E-state index in [1.54, 1.807) is 0 Å². The van der Waals surface area contributed by atoms with E-state index >= 15 is 0 Å². The van der Waals surface area contributed by atoms with E-state index in [0.29, 0.717) is 22.8 Å². The highest BCUT2D eigenvalue weighted by molar-refractivity contribution is 5.80. The van der Waals surface area contributed by atoms with Gasteiger partial charge >= 0.3 is 0 Å². The Bertz CT molecular complexity index is 375. The maximum atomic E-state index is 11.6. The Morgan fingerprint density at radius 1 is 1.16 bits per heavy atom. The summed E-state index contributed by atoms with van der Waals surface area (Å²) in [6.07, 6.45) is 6.27. The van der Waals surface area contributed by atoms with Crippen LogP contribution >= 0.6 is 0 Å². The third kappa shape index (κ3) is 2.10. The quantitative estimate of drug-likeness (QED) is 0.748. The summed E-state index contributed by atoms with van der Waals surface area (Å²) in [5.74, 6) is 1.48. The van der Waals surface area contributed by atoms with Gasteiger partial charge in [0.15, 0.2) is 0 Å². The lowest BCUT2D eigenvalue weighted by atomic mass is 9.69. The van der Waals surface area contributed by atoms with Crippen molar-refractivity contribution in [1.82, 2.24) is 10.6 Å². The second-order valence-corrected chi connectivity index (χ2v) is 7.68. The summed E-state index contributed by atoms with van der Waals surface area (Å²) < 4.78 is 0. The molecule has 0 aromatic rings. The molecule has 3 nitrogen and oxygen atoms in total. The fourth-order valence-corrected chi connectivity index (χ4v) is 4.43. The Hall–Kier alpha value is -0.570. The summed E-state index contributed by atoms with van der Waals surface area (Å²) >= 11 is 0. The highest BCUT2D eigenvalue weighted by atomic mass is 16.2. The molecule has 3 aliphatic carbocycles. The molecular weight excluding hydrogens is 236 g/mol. The van der Waals surface area contributed by atoms with Gasteiger partial charge in [0.1, 0.15) is 0 Å². The summed E-state index contributed by atoms with van der Waals surface area (Å²) in [5, 5.41) is 6.75. The van der Waals surface area contributed by atoms with E-state index in [-0.39, 0.29) is 5.91 Å². The van der Waals surface area contributed by atoms with E-state index in [0.717, 1.165) is 31.8 Å². The number of amides is 1. The van der Waals surface area contributed by atoms with Crippen molar-refractivity contribution in [3.63, 3.8) is 0 Å². The molecule has 1 amide bonds. The minimum absolute atomic E-state index is 0.265. The molecule has 108 valence electrons. The first-order chi connectivity index (χ1) is 8.95. The Labute approximate surface area is 116 Å². The molecule has 3 fully saturated rings. The SMILES string of the molecule is CC1(C)C2CCC1(C)C(NCCNC(=O)C1CC1)C2. The molecule has 0 saturated heterocycles. The van der Waals surface area contributed by atoms with Crippen molar-refractivity contribution >= 4 is 5.91 Å². The van der Waals surface area contributed by atoms with Gasteiger partial charge in [0, 0.05) is 25.0 Å². The van der Waals surface area contributed by atoms with Gasteiger partial charge in [-0.25, -0.2) is 0 Å². The van der Waals surface area contributed by atoms with Gasteiger partial charge in [-0.05, 0) is 48.9 Å². The maximum Gasteiger partial charge on any atom is 0.223 e. The topological polar surface area (TPSA) is 41.1 Å². The van der Waals surface area contributed by atoms with E-state index in [2.05, 4.69) is 31.4 Å². The average molecular weight is 264 g/mol. The average Bonchev–Trinajstić information content (AvgIpc) is 3.14. The Morgan fingerprint density at radius 2 is 1.89 bits per heavy atom. The minimum Gasteiger partial charge on any atom is -0.355 e. The molecule has 2 N–H and O–H groups in total. The molecule has 0 aliphatic heterocycles. The number of carbonyl (C=O) groups is 1. The molecule has 19 heavy (non-hydrogen) atoms. The Morgan fingerprint density at radius 3 is 2.42 bits per heavy atom. The predicted octanol–water partition coefficient (Wildman–Crippen LogP) is 2.32. The maximum absolute atomic E-state index is 11.6. The predicted molar refractivity (Wildman–Crippen MR) is 76.8 cm³/mol. The van der Waals surface area contributed by atoms with Crippen LogP contribution in [0.15, 0.2) is 0 Å². The number of hydrogen-bond acceptors (Lipinski definition) is 2. The van der Waals surface area contributed by atoms with Crippen LogP contribution in [0.5, 0.6) is 0 Å². The second-order valence-electron chi connectivity index (χ2n) is 7.68. The van der Waals surface area contributed by atoms with Crippen LogP contribution in [-0.4, -0.2) is 25.0 Å². The molecule has 3 unspecified atom stereocenters. The lowest BCUT2D eigenvalue weighted by Crippen LogP contribution is -2.46. The normalized spacial score (nSPS) is 39.5. The van der Waals surface area contributed by atoms with Crippen LogP contribution in [0, 0.1) is 22.7 Å². The summed E-state index contributed by atoms with van der Waals surface area (Å²) in [6.45, 7) is 9.05. The molecule has 0 aromatic heterocycles. The minimum atomic E-state index is 0.265. The number of carbonyl (C=O) groups excluding carboxylic acids is 1. The van der Waals surface area contributed by atoms with Gasteiger partial charge in [0.2, 0.25) is 5.91 Å². The van der Waals surface area contributed by atoms with E-state index in [4.69, 9.17) is 0 Å². The molecule has 3 atom stereocenters. The first-order valence-electron chi connectivity index (χ1n) is 7.96. The smallest absolute Gasteiger partial charge is 0.223 e. The number of fused-ring (bicyclic) bond motifs is 2. The van der Waals surface area contributed by atoms with Crippen LogP contribution in [0.25, 0.3) is 0 Å². The van der Waals surface area contributed by atoms with Gasteiger partial charge in [-0.3, -0.25) is 4.79 Å². The molecule has 0 heterocycles. The van der Waals surface area contributed by atoms with Crippen LogP contribution in [0.4, 0.5) is 0 Å². The van der Waals surface area contributed by atoms with Gasteiger partial charge < -0.3 is 10.6 Å². The van der Waals surface area contributed by atoms with E-state index in [9.17, 15) is 4.79 Å². The van der Waals surface area contributed by atoms with Gasteiger partial charge in [-0.1, -0.05) is 20.8 Å². The molecule has 3 heteroatoms. The van der Waals surface area contributed by atoms with Crippen molar-refractivity contribution in [1.29, 1.82) is 0 Å². The fraction of sp³-hybridized carbons (Fsp3) is 0.938. The number of hydrogen-bond donors (Lipinski definition) is 2. The zero-order chi connectivity index (χ0) is 13.7. The molecular formula is C16H28N2O. The van der Waals surface area contributed by atoms with Crippen LogP contribution < -0.4 is 10.6 Å². The zero-order valence-electron chi connectivity index (χ0n) is 12.6. The summed E-state index contributed by atoms with van der Waals surface area (Å²) in [4.78, 5) is 11.6. The standard InChI is InChI=1S/C16H28N2O/c1-15(2)12-6-7-16(15,3)13(10-12)17-8-9-18-14(19)11-4-5-11/h11-13,17H,4-10H2,1-3H3,(H,18,19). The van der Waals surface area contributed by atoms with Crippen molar-refractivity contribution in [3.8, 4) is 0 Å². The molecule has 3 saturated carbocycles. The van der Waals surface area contributed by atoms with Crippen molar-refractivity contribution in [2.24, 2.45) is 22.7 Å². The zero-order valence-corrected chi connectivity index (χ0v) is 12.6. The highest BCUT2D eigenvalue weighted by Gasteiger charge is 2.60. The Kier molecular flexibility index (Phi) is 3.16. The third-order valence-corrected chi connectivity index (χ3v) is 6.56. The van der Waals surface area contributed by atoms with Crippen LogP contribution in [0.3, 0.4) is 0 Å². The largest absolute Gasteiger partial charge is 0.355 e. The monoisotopic (exact) mass is 264 g/mol. The first-order valence-corrected chi connectivity index (χ1v) is 7.96. The molecule has 0 aromatic carbocycles. The number of rotatable bonds is 5. The van der Waals surface area contributed by atoms with Crippen LogP contribution in [0.2, 0.25) is 0 Å².